The van der Waals surface area contributed by atoms with Crippen LogP contribution in [0.15, 0.2) is 12.3 Å². The van der Waals surface area contributed by atoms with Crippen molar-refractivity contribution in [2.45, 2.75) is 76.7 Å². The number of carbonyl (C=O) groups excluding carboxylic acids is 1. The van der Waals surface area contributed by atoms with Crippen LogP contribution < -0.4 is 5.32 Å². The molecule has 0 bridgehead atoms. The van der Waals surface area contributed by atoms with Crippen LogP contribution in [0.2, 0.25) is 0 Å². The largest absolute Gasteiger partial charge is 0.311 e. The van der Waals surface area contributed by atoms with E-state index in [-0.39, 0.29) is 5.91 Å². The molecule has 3 rings (SSSR count). The molecule has 0 aliphatic heterocycles. The Morgan fingerprint density at radius 2 is 1.86 bits per heavy atom. The lowest BCUT2D eigenvalue weighted by Crippen LogP contribution is -2.20. The molecule has 0 unspecified atom stereocenters. The third-order valence-corrected chi connectivity index (χ3v) is 5.11. The number of nitrogens with one attached hydrogen (secondary N) is 1. The maximum absolute atomic E-state index is 12.1. The highest BCUT2D eigenvalue weighted by Crippen LogP contribution is 2.31. The number of anilines is 1. The van der Waals surface area contributed by atoms with Crippen LogP contribution in [-0.4, -0.2) is 15.7 Å². The molecule has 4 nitrogen and oxygen atoms in total. The van der Waals surface area contributed by atoms with Crippen LogP contribution in [0.25, 0.3) is 0 Å². The normalized spacial score (nSPS) is 20.8. The first kappa shape index (κ1) is 14.6. The average molecular weight is 289 g/mol. The van der Waals surface area contributed by atoms with Crippen LogP contribution in [-0.2, 0) is 4.79 Å². The van der Waals surface area contributed by atoms with E-state index in [0.29, 0.717) is 12.5 Å². The summed E-state index contributed by atoms with van der Waals surface area (Å²) in [5, 5.41) is 7.51. The number of hydrogen-bond donors (Lipinski definition) is 1. The first-order chi connectivity index (χ1) is 10.3. The zero-order valence-corrected chi connectivity index (χ0v) is 12.9. The first-order valence-corrected chi connectivity index (χ1v) is 8.66. The molecule has 1 N–H and O–H groups in total. The molecule has 0 atom stereocenters. The Kier molecular flexibility index (Phi) is 4.94. The quantitative estimate of drug-likeness (QED) is 0.878. The summed E-state index contributed by atoms with van der Waals surface area (Å²) in [7, 11) is 0. The predicted octanol–water partition coefficient (Wildman–Crippen LogP) is 4.30. The van der Waals surface area contributed by atoms with Crippen molar-refractivity contribution in [3.8, 4) is 0 Å². The maximum atomic E-state index is 12.1. The van der Waals surface area contributed by atoms with Gasteiger partial charge in [-0.15, -0.1) is 0 Å². The number of nitrogens with zero attached hydrogens (tertiary/aromatic N) is 2. The molecule has 21 heavy (non-hydrogen) atoms. The molecule has 1 aromatic rings. The van der Waals surface area contributed by atoms with Crippen molar-refractivity contribution in [1.82, 2.24) is 9.78 Å². The minimum Gasteiger partial charge on any atom is -0.311 e. The van der Waals surface area contributed by atoms with Crippen LogP contribution in [0.5, 0.6) is 0 Å². The lowest BCUT2D eigenvalue weighted by atomic mass is 9.96. The predicted molar refractivity (Wildman–Crippen MR) is 84.2 cm³/mol. The molecule has 0 saturated heterocycles. The molecule has 1 amide bonds. The lowest BCUT2D eigenvalue weighted by Gasteiger charge is -2.24. The van der Waals surface area contributed by atoms with Gasteiger partial charge in [0.2, 0.25) is 5.91 Å². The van der Waals surface area contributed by atoms with E-state index < -0.39 is 0 Å². The molecule has 0 aromatic carbocycles. The zero-order valence-electron chi connectivity index (χ0n) is 12.9. The van der Waals surface area contributed by atoms with Gasteiger partial charge in [-0.05, 0) is 25.2 Å². The van der Waals surface area contributed by atoms with Gasteiger partial charge >= 0.3 is 0 Å². The molecule has 2 fully saturated rings. The highest BCUT2D eigenvalue weighted by Gasteiger charge is 2.20. The second-order valence-corrected chi connectivity index (χ2v) is 6.69. The third kappa shape index (κ3) is 3.86. The molecular formula is C17H27N3O. The average Bonchev–Trinajstić information content (AvgIpc) is 3.17. The monoisotopic (exact) mass is 289 g/mol. The highest BCUT2D eigenvalue weighted by atomic mass is 16.1. The van der Waals surface area contributed by atoms with Crippen LogP contribution in [0.1, 0.15) is 76.7 Å². The van der Waals surface area contributed by atoms with Gasteiger partial charge in [0.1, 0.15) is 5.82 Å². The number of amides is 1. The fraction of sp³-hybridized carbons (Fsp3) is 0.765. The molecular weight excluding hydrogens is 262 g/mol. The van der Waals surface area contributed by atoms with Crippen molar-refractivity contribution in [3.63, 3.8) is 0 Å². The minimum atomic E-state index is 0.152. The molecule has 0 radical (unpaired) electrons. The molecule has 116 valence electrons. The number of aromatic nitrogens is 2. The second-order valence-electron chi connectivity index (χ2n) is 6.69. The van der Waals surface area contributed by atoms with E-state index in [4.69, 9.17) is 0 Å². The van der Waals surface area contributed by atoms with Gasteiger partial charge in [-0.25, -0.2) is 4.68 Å². The van der Waals surface area contributed by atoms with Crippen molar-refractivity contribution < 1.29 is 4.79 Å². The fourth-order valence-electron chi connectivity index (χ4n) is 3.87. The first-order valence-electron chi connectivity index (χ1n) is 8.66. The summed E-state index contributed by atoms with van der Waals surface area (Å²) >= 11 is 0. The summed E-state index contributed by atoms with van der Waals surface area (Å²) in [6.45, 7) is 0. The second kappa shape index (κ2) is 7.10. The van der Waals surface area contributed by atoms with Gasteiger partial charge in [-0.3, -0.25) is 4.79 Å². The van der Waals surface area contributed by atoms with Crippen molar-refractivity contribution in [3.05, 3.63) is 12.3 Å². The maximum Gasteiger partial charge on any atom is 0.225 e. The standard InChI is InChI=1S/C17H27N3O/c21-17(11-10-14-6-4-5-7-14)19-16-12-13-18-20(16)15-8-2-1-3-9-15/h12-15H,1-11H2,(H,19,21). The molecule has 1 aromatic heterocycles. The topological polar surface area (TPSA) is 46.9 Å². The Hall–Kier alpha value is -1.32. The molecule has 2 aliphatic rings. The van der Waals surface area contributed by atoms with E-state index in [1.54, 1.807) is 6.20 Å². The van der Waals surface area contributed by atoms with Crippen molar-refractivity contribution >= 4 is 11.7 Å². The molecule has 1 heterocycles. The Bertz CT molecular complexity index is 456. The summed E-state index contributed by atoms with van der Waals surface area (Å²) in [5.74, 6) is 1.82. The van der Waals surface area contributed by atoms with Gasteiger partial charge in [-0.1, -0.05) is 44.9 Å². The Morgan fingerprint density at radius 1 is 1.14 bits per heavy atom. The van der Waals surface area contributed by atoms with E-state index in [1.807, 2.05) is 10.7 Å². The zero-order chi connectivity index (χ0) is 14.5. The summed E-state index contributed by atoms with van der Waals surface area (Å²) in [6.07, 6.45) is 15.1. The molecule has 2 aliphatic carbocycles. The van der Waals surface area contributed by atoms with Gasteiger partial charge in [0.05, 0.1) is 12.2 Å². The van der Waals surface area contributed by atoms with Crippen LogP contribution >= 0.6 is 0 Å². The Balaban J connectivity index is 1.52. The molecule has 4 heteroatoms. The third-order valence-electron chi connectivity index (χ3n) is 5.11. The number of hydrogen-bond acceptors (Lipinski definition) is 2. The summed E-state index contributed by atoms with van der Waals surface area (Å²) in [6, 6.07) is 2.40. The minimum absolute atomic E-state index is 0.152. The van der Waals surface area contributed by atoms with E-state index in [0.717, 1.165) is 18.2 Å². The summed E-state index contributed by atoms with van der Waals surface area (Å²) in [5.41, 5.74) is 0. The van der Waals surface area contributed by atoms with E-state index in [1.165, 1.54) is 57.8 Å². The smallest absolute Gasteiger partial charge is 0.225 e. The SMILES string of the molecule is O=C(CCC1CCCC1)Nc1ccnn1C1CCCCC1. The van der Waals surface area contributed by atoms with E-state index in [9.17, 15) is 4.79 Å². The summed E-state index contributed by atoms with van der Waals surface area (Å²) in [4.78, 5) is 12.1. The van der Waals surface area contributed by atoms with E-state index >= 15 is 0 Å². The van der Waals surface area contributed by atoms with Crippen molar-refractivity contribution in [2.24, 2.45) is 5.92 Å². The van der Waals surface area contributed by atoms with Gasteiger partial charge in [0.15, 0.2) is 0 Å². The van der Waals surface area contributed by atoms with Crippen LogP contribution in [0.3, 0.4) is 0 Å². The molecule has 2 saturated carbocycles. The van der Waals surface area contributed by atoms with Crippen molar-refractivity contribution in [1.29, 1.82) is 0 Å². The van der Waals surface area contributed by atoms with Gasteiger partial charge in [-0.2, -0.15) is 5.10 Å². The number of carbonyl (C=O) groups is 1. The molecule has 0 spiro atoms. The van der Waals surface area contributed by atoms with Crippen LogP contribution in [0, 0.1) is 5.92 Å². The van der Waals surface area contributed by atoms with Gasteiger partial charge < -0.3 is 5.32 Å². The van der Waals surface area contributed by atoms with E-state index in [2.05, 4.69) is 10.4 Å². The summed E-state index contributed by atoms with van der Waals surface area (Å²) < 4.78 is 2.03. The van der Waals surface area contributed by atoms with Crippen molar-refractivity contribution in [2.75, 3.05) is 5.32 Å². The van der Waals surface area contributed by atoms with Gasteiger partial charge in [0, 0.05) is 12.5 Å². The van der Waals surface area contributed by atoms with Crippen LogP contribution in [0.4, 0.5) is 5.82 Å². The van der Waals surface area contributed by atoms with Gasteiger partial charge in [0.25, 0.3) is 0 Å². The number of rotatable bonds is 5. The fourth-order valence-corrected chi connectivity index (χ4v) is 3.87. The Labute approximate surface area is 127 Å². The Morgan fingerprint density at radius 3 is 2.62 bits per heavy atom. The highest BCUT2D eigenvalue weighted by molar-refractivity contribution is 5.89. The lowest BCUT2D eigenvalue weighted by molar-refractivity contribution is -0.116.